The first kappa shape index (κ1) is 19.7. The Bertz CT molecular complexity index is 381. The molecule has 1 heterocycles. The number of nitrogens with zero attached hydrogens (tertiary/aromatic N) is 1. The highest BCUT2D eigenvalue weighted by Gasteiger charge is 2.39. The van der Waals surface area contributed by atoms with Crippen molar-refractivity contribution < 1.29 is 19.0 Å². The number of likely N-dealkylation sites (tertiary alicyclic amines) is 1. The first-order valence-corrected chi connectivity index (χ1v) is 8.88. The summed E-state index contributed by atoms with van der Waals surface area (Å²) in [6.07, 6.45) is 1.54. The summed E-state index contributed by atoms with van der Waals surface area (Å²) in [7, 11) is 1.68. The minimum Gasteiger partial charge on any atom is -0.444 e. The van der Waals surface area contributed by atoms with Gasteiger partial charge in [-0.1, -0.05) is 15.9 Å². The summed E-state index contributed by atoms with van der Waals surface area (Å²) >= 11 is 3.55. The third-order valence-electron chi connectivity index (χ3n) is 3.71. The minimum absolute atomic E-state index is 0.271. The highest BCUT2D eigenvalue weighted by molar-refractivity contribution is 9.09. The van der Waals surface area contributed by atoms with E-state index in [2.05, 4.69) is 15.9 Å². The fourth-order valence-corrected chi connectivity index (χ4v) is 2.85. The molecule has 1 amide bonds. The van der Waals surface area contributed by atoms with Crippen molar-refractivity contribution in [1.82, 2.24) is 4.90 Å². The van der Waals surface area contributed by atoms with Gasteiger partial charge >= 0.3 is 6.09 Å². The van der Waals surface area contributed by atoms with Crippen LogP contribution in [0.5, 0.6) is 0 Å². The zero-order valence-corrected chi connectivity index (χ0v) is 16.3. The van der Waals surface area contributed by atoms with Crippen LogP contribution in [-0.4, -0.2) is 59.9 Å². The molecule has 1 rings (SSSR count). The number of ether oxygens (including phenoxy) is 3. The van der Waals surface area contributed by atoms with E-state index < -0.39 is 5.60 Å². The molecule has 0 aliphatic carbocycles. The van der Waals surface area contributed by atoms with E-state index in [4.69, 9.17) is 14.2 Å². The van der Waals surface area contributed by atoms with E-state index in [0.29, 0.717) is 25.0 Å². The first-order valence-electron chi connectivity index (χ1n) is 7.76. The van der Waals surface area contributed by atoms with Crippen molar-refractivity contribution in [2.24, 2.45) is 0 Å². The topological polar surface area (TPSA) is 48.0 Å². The van der Waals surface area contributed by atoms with Crippen LogP contribution < -0.4 is 0 Å². The van der Waals surface area contributed by atoms with Crippen LogP contribution in [0.25, 0.3) is 0 Å². The van der Waals surface area contributed by atoms with E-state index >= 15 is 0 Å². The van der Waals surface area contributed by atoms with Crippen molar-refractivity contribution in [3.05, 3.63) is 0 Å². The largest absolute Gasteiger partial charge is 0.444 e. The molecule has 0 aromatic rings. The number of carbonyl (C=O) groups is 1. The zero-order chi connectivity index (χ0) is 17.0. The highest BCUT2D eigenvalue weighted by atomic mass is 79.9. The fourth-order valence-electron chi connectivity index (χ4n) is 2.23. The Kier molecular flexibility index (Phi) is 6.72. The number of methoxy groups -OCH3 is 1. The molecule has 0 aromatic heterocycles. The predicted octanol–water partition coefficient (Wildman–Crippen LogP) is 3.59. The molecular weight excluding hydrogens is 350 g/mol. The maximum atomic E-state index is 12.3. The van der Waals surface area contributed by atoms with Gasteiger partial charge in [-0.05, 0) is 47.5 Å². The normalized spacial score (nSPS) is 23.5. The van der Waals surface area contributed by atoms with Gasteiger partial charge in [-0.15, -0.1) is 0 Å². The van der Waals surface area contributed by atoms with Gasteiger partial charge in [-0.2, -0.15) is 0 Å². The van der Waals surface area contributed by atoms with Gasteiger partial charge in [0.15, 0.2) is 0 Å². The molecule has 6 heteroatoms. The van der Waals surface area contributed by atoms with Crippen LogP contribution in [0.15, 0.2) is 0 Å². The van der Waals surface area contributed by atoms with Crippen LogP contribution in [0.4, 0.5) is 4.79 Å². The van der Waals surface area contributed by atoms with Gasteiger partial charge in [0.05, 0.1) is 24.4 Å². The van der Waals surface area contributed by atoms with E-state index in [9.17, 15) is 4.79 Å². The van der Waals surface area contributed by atoms with Crippen molar-refractivity contribution >= 4 is 22.0 Å². The number of hydrogen-bond donors (Lipinski definition) is 0. The maximum absolute atomic E-state index is 12.3. The lowest BCUT2D eigenvalue weighted by Gasteiger charge is -2.43. The molecular formula is C16H30BrNO4. The average Bonchev–Trinajstić information content (AvgIpc) is 2.44. The number of alkyl halides is 1. The summed E-state index contributed by atoms with van der Waals surface area (Å²) in [5, 5.41) is 0.680. The Morgan fingerprint density at radius 1 is 1.27 bits per heavy atom. The number of halogens is 1. The van der Waals surface area contributed by atoms with Crippen LogP contribution in [0.3, 0.4) is 0 Å². The SMILES string of the molecule is COC(C)(C)COC1(CBr)CCCN(C(=O)OC(C)(C)C)C1. The highest BCUT2D eigenvalue weighted by Crippen LogP contribution is 2.29. The number of rotatable bonds is 5. The monoisotopic (exact) mass is 379 g/mol. The molecule has 0 bridgehead atoms. The lowest BCUT2D eigenvalue weighted by molar-refractivity contribution is -0.130. The molecule has 5 nitrogen and oxygen atoms in total. The molecule has 0 N–H and O–H groups in total. The molecule has 0 saturated carbocycles. The summed E-state index contributed by atoms with van der Waals surface area (Å²) in [6, 6.07) is 0. The Morgan fingerprint density at radius 3 is 2.41 bits per heavy atom. The Labute approximate surface area is 142 Å². The second kappa shape index (κ2) is 7.49. The lowest BCUT2D eigenvalue weighted by atomic mass is 9.94. The van der Waals surface area contributed by atoms with Gasteiger partial charge in [0, 0.05) is 19.0 Å². The van der Waals surface area contributed by atoms with Crippen molar-refractivity contribution in [1.29, 1.82) is 0 Å². The smallest absolute Gasteiger partial charge is 0.410 e. The third-order valence-corrected chi connectivity index (χ3v) is 4.74. The molecule has 0 spiro atoms. The third kappa shape index (κ3) is 6.05. The number of amides is 1. The van der Waals surface area contributed by atoms with Crippen molar-refractivity contribution in [3.8, 4) is 0 Å². The van der Waals surface area contributed by atoms with Gasteiger partial charge < -0.3 is 19.1 Å². The summed E-state index contributed by atoms with van der Waals surface area (Å²) in [5.41, 5.74) is -1.21. The van der Waals surface area contributed by atoms with Crippen LogP contribution >= 0.6 is 15.9 Å². The van der Waals surface area contributed by atoms with E-state index in [1.807, 2.05) is 34.6 Å². The van der Waals surface area contributed by atoms with Crippen molar-refractivity contribution in [2.45, 2.75) is 64.3 Å². The molecule has 0 radical (unpaired) electrons. The van der Waals surface area contributed by atoms with E-state index in [-0.39, 0.29) is 17.3 Å². The standard InChI is InChI=1S/C16H30BrNO4/c1-14(2,3)22-13(19)18-9-7-8-16(10-17,11-18)21-12-15(4,5)20-6/h7-12H2,1-6H3. The molecule has 1 aliphatic heterocycles. The zero-order valence-electron chi connectivity index (χ0n) is 14.7. The molecule has 1 atom stereocenters. The number of hydrogen-bond acceptors (Lipinski definition) is 4. The Balaban J connectivity index is 2.70. The first-order chi connectivity index (χ1) is 10.0. The van der Waals surface area contributed by atoms with Gasteiger partial charge in [0.2, 0.25) is 0 Å². The second-order valence-corrected chi connectivity index (χ2v) is 8.14. The van der Waals surface area contributed by atoms with Crippen molar-refractivity contribution in [2.75, 3.05) is 32.1 Å². The molecule has 130 valence electrons. The van der Waals surface area contributed by atoms with E-state index in [0.717, 1.165) is 12.8 Å². The molecule has 1 aliphatic rings. The quantitative estimate of drug-likeness (QED) is 0.684. The molecule has 0 aromatic carbocycles. The van der Waals surface area contributed by atoms with Gasteiger partial charge in [-0.3, -0.25) is 0 Å². The fraction of sp³-hybridized carbons (Fsp3) is 0.938. The molecule has 1 unspecified atom stereocenters. The maximum Gasteiger partial charge on any atom is 0.410 e. The second-order valence-electron chi connectivity index (χ2n) is 7.57. The summed E-state index contributed by atoms with van der Waals surface area (Å²) in [5.74, 6) is 0. The van der Waals surface area contributed by atoms with Crippen LogP contribution in [0.2, 0.25) is 0 Å². The van der Waals surface area contributed by atoms with Crippen molar-refractivity contribution in [3.63, 3.8) is 0 Å². The summed E-state index contributed by atoms with van der Waals surface area (Å²) < 4.78 is 17.1. The number of piperidine rings is 1. The molecule has 22 heavy (non-hydrogen) atoms. The average molecular weight is 380 g/mol. The van der Waals surface area contributed by atoms with E-state index in [1.165, 1.54) is 0 Å². The lowest BCUT2D eigenvalue weighted by Crippen LogP contribution is -2.55. The van der Waals surface area contributed by atoms with Crippen LogP contribution in [-0.2, 0) is 14.2 Å². The van der Waals surface area contributed by atoms with Crippen LogP contribution in [0.1, 0.15) is 47.5 Å². The molecule has 1 fully saturated rings. The van der Waals surface area contributed by atoms with Gasteiger partial charge in [-0.25, -0.2) is 4.79 Å². The predicted molar refractivity (Wildman–Crippen MR) is 90.6 cm³/mol. The van der Waals surface area contributed by atoms with Gasteiger partial charge in [0.25, 0.3) is 0 Å². The number of carbonyl (C=O) groups excluding carboxylic acids is 1. The minimum atomic E-state index is -0.482. The van der Waals surface area contributed by atoms with Crippen LogP contribution in [0, 0.1) is 0 Å². The van der Waals surface area contributed by atoms with E-state index in [1.54, 1.807) is 12.0 Å². The molecule has 1 saturated heterocycles. The Morgan fingerprint density at radius 2 is 1.91 bits per heavy atom. The summed E-state index contributed by atoms with van der Waals surface area (Å²) in [6.45, 7) is 11.3. The van der Waals surface area contributed by atoms with Gasteiger partial charge in [0.1, 0.15) is 5.60 Å². The summed E-state index contributed by atoms with van der Waals surface area (Å²) in [4.78, 5) is 14.0. The Hall–Kier alpha value is -0.330.